The van der Waals surface area contributed by atoms with Gasteiger partial charge in [0.25, 0.3) is 5.91 Å². The number of esters is 1. The van der Waals surface area contributed by atoms with Crippen LogP contribution in [0.15, 0.2) is 24.3 Å². The highest BCUT2D eigenvalue weighted by atomic mass is 16.5. The van der Waals surface area contributed by atoms with Crippen molar-refractivity contribution in [3.63, 3.8) is 0 Å². The van der Waals surface area contributed by atoms with Gasteiger partial charge in [0.15, 0.2) is 0 Å². The van der Waals surface area contributed by atoms with Crippen LogP contribution in [0.5, 0.6) is 0 Å². The summed E-state index contributed by atoms with van der Waals surface area (Å²) in [7, 11) is 1.38. The smallest absolute Gasteiger partial charge is 0.310 e. The van der Waals surface area contributed by atoms with Gasteiger partial charge in [-0.2, -0.15) is 0 Å². The molecule has 1 saturated carbocycles. The summed E-state index contributed by atoms with van der Waals surface area (Å²) in [6.07, 6.45) is 2.03. The minimum atomic E-state index is -0.307. The molecular weight excluding hydrogens is 290 g/mol. The lowest BCUT2D eigenvalue weighted by Gasteiger charge is -2.25. The first kappa shape index (κ1) is 17.5. The maximum absolute atomic E-state index is 12.8. The van der Waals surface area contributed by atoms with Crippen molar-refractivity contribution in [1.82, 2.24) is 4.90 Å². The quantitative estimate of drug-likeness (QED) is 0.782. The first-order valence-electron chi connectivity index (χ1n) is 8.23. The molecule has 1 aliphatic rings. The molecule has 1 aliphatic carbocycles. The Bertz CT molecular complexity index is 567. The normalized spacial score (nSPS) is 15.9. The topological polar surface area (TPSA) is 46.6 Å². The van der Waals surface area contributed by atoms with E-state index in [0.717, 1.165) is 12.8 Å². The van der Waals surface area contributed by atoms with Crippen molar-refractivity contribution in [3.8, 4) is 0 Å². The summed E-state index contributed by atoms with van der Waals surface area (Å²) in [5.74, 6) is -0.575. The van der Waals surface area contributed by atoms with Crippen LogP contribution in [0.4, 0.5) is 0 Å². The van der Waals surface area contributed by atoms with Gasteiger partial charge >= 0.3 is 5.97 Å². The van der Waals surface area contributed by atoms with E-state index in [0.29, 0.717) is 12.1 Å². The molecule has 2 rings (SSSR count). The second-order valence-electron chi connectivity index (χ2n) is 7.44. The Labute approximate surface area is 138 Å². The standard InChI is InChI=1S/C19H27NO3/c1-13(18(22)23-5)12-20(16-10-11-16)17(21)14-6-8-15(9-7-14)19(2,3)4/h6-9,13,16H,10-12H2,1-5H3. The van der Waals surface area contributed by atoms with Crippen molar-refractivity contribution in [3.05, 3.63) is 35.4 Å². The molecule has 4 heteroatoms. The van der Waals surface area contributed by atoms with E-state index in [2.05, 4.69) is 20.8 Å². The molecule has 0 spiro atoms. The van der Waals surface area contributed by atoms with Crippen LogP contribution in [0.25, 0.3) is 0 Å². The van der Waals surface area contributed by atoms with Crippen molar-refractivity contribution in [2.45, 2.75) is 52.0 Å². The van der Waals surface area contributed by atoms with Crippen molar-refractivity contribution in [2.75, 3.05) is 13.7 Å². The maximum atomic E-state index is 12.8. The molecule has 1 amide bonds. The van der Waals surface area contributed by atoms with E-state index < -0.39 is 0 Å². The van der Waals surface area contributed by atoms with Crippen molar-refractivity contribution in [1.29, 1.82) is 0 Å². The summed E-state index contributed by atoms with van der Waals surface area (Å²) in [5, 5.41) is 0. The summed E-state index contributed by atoms with van der Waals surface area (Å²) in [4.78, 5) is 26.3. The van der Waals surface area contributed by atoms with E-state index in [1.807, 2.05) is 29.2 Å². The van der Waals surface area contributed by atoms with E-state index in [1.165, 1.54) is 12.7 Å². The predicted molar refractivity (Wildman–Crippen MR) is 90.4 cm³/mol. The molecule has 0 bridgehead atoms. The number of carbonyl (C=O) groups is 2. The largest absolute Gasteiger partial charge is 0.469 e. The zero-order valence-electron chi connectivity index (χ0n) is 14.8. The molecule has 1 aromatic rings. The van der Waals surface area contributed by atoms with Gasteiger partial charge in [-0.05, 0) is 36.0 Å². The summed E-state index contributed by atoms with van der Waals surface area (Å²) in [6.45, 7) is 8.67. The van der Waals surface area contributed by atoms with Gasteiger partial charge in [0.2, 0.25) is 0 Å². The van der Waals surface area contributed by atoms with Crippen LogP contribution in [0, 0.1) is 5.92 Å². The summed E-state index contributed by atoms with van der Waals surface area (Å²) < 4.78 is 4.77. The van der Waals surface area contributed by atoms with Gasteiger partial charge in [0, 0.05) is 18.2 Å². The number of hydrogen-bond donors (Lipinski definition) is 0. The summed E-state index contributed by atoms with van der Waals surface area (Å²) in [6, 6.07) is 8.07. The van der Waals surface area contributed by atoms with Gasteiger partial charge in [-0.25, -0.2) is 0 Å². The van der Waals surface area contributed by atoms with Crippen molar-refractivity contribution >= 4 is 11.9 Å². The second-order valence-corrected chi connectivity index (χ2v) is 7.44. The van der Waals surface area contributed by atoms with Crippen LogP contribution in [-0.2, 0) is 14.9 Å². The van der Waals surface area contributed by atoms with Crippen LogP contribution >= 0.6 is 0 Å². The Kier molecular flexibility index (Phi) is 5.12. The Morgan fingerprint density at radius 1 is 1.22 bits per heavy atom. The lowest BCUT2D eigenvalue weighted by Crippen LogP contribution is -2.38. The van der Waals surface area contributed by atoms with E-state index in [1.54, 1.807) is 6.92 Å². The van der Waals surface area contributed by atoms with Crippen molar-refractivity contribution < 1.29 is 14.3 Å². The molecule has 1 aromatic carbocycles. The molecule has 23 heavy (non-hydrogen) atoms. The Morgan fingerprint density at radius 2 is 1.78 bits per heavy atom. The second kappa shape index (κ2) is 6.73. The molecule has 0 aromatic heterocycles. The number of benzene rings is 1. The number of nitrogens with zero attached hydrogens (tertiary/aromatic N) is 1. The molecule has 0 aliphatic heterocycles. The Balaban J connectivity index is 2.13. The highest BCUT2D eigenvalue weighted by Crippen LogP contribution is 2.30. The molecule has 0 heterocycles. The summed E-state index contributed by atoms with van der Waals surface area (Å²) >= 11 is 0. The van der Waals surface area contributed by atoms with Gasteiger partial charge in [-0.3, -0.25) is 9.59 Å². The van der Waals surface area contributed by atoms with Gasteiger partial charge in [-0.1, -0.05) is 39.8 Å². The molecular formula is C19H27NO3. The molecule has 4 nitrogen and oxygen atoms in total. The first-order valence-corrected chi connectivity index (χ1v) is 8.23. The third kappa shape index (κ3) is 4.34. The average Bonchev–Trinajstić information content (AvgIpc) is 3.34. The van der Waals surface area contributed by atoms with Crippen LogP contribution in [0.3, 0.4) is 0 Å². The maximum Gasteiger partial charge on any atom is 0.310 e. The molecule has 0 N–H and O–H groups in total. The molecule has 126 valence electrons. The highest BCUT2D eigenvalue weighted by Gasteiger charge is 2.35. The first-order chi connectivity index (χ1) is 10.7. The van der Waals surface area contributed by atoms with Crippen LogP contribution in [0.2, 0.25) is 0 Å². The zero-order valence-corrected chi connectivity index (χ0v) is 14.8. The van der Waals surface area contributed by atoms with E-state index in [4.69, 9.17) is 4.74 Å². The van der Waals surface area contributed by atoms with Crippen molar-refractivity contribution in [2.24, 2.45) is 5.92 Å². The number of methoxy groups -OCH3 is 1. The third-order valence-electron chi connectivity index (χ3n) is 4.32. The van der Waals surface area contributed by atoms with E-state index >= 15 is 0 Å². The molecule has 1 unspecified atom stereocenters. The highest BCUT2D eigenvalue weighted by molar-refractivity contribution is 5.95. The van der Waals surface area contributed by atoms with Gasteiger partial charge < -0.3 is 9.64 Å². The number of rotatable bonds is 5. The fraction of sp³-hybridized carbons (Fsp3) is 0.579. The van der Waals surface area contributed by atoms with Crippen LogP contribution in [0.1, 0.15) is 56.5 Å². The third-order valence-corrected chi connectivity index (χ3v) is 4.32. The molecule has 1 fully saturated rings. The van der Waals surface area contributed by atoms with Crippen LogP contribution < -0.4 is 0 Å². The van der Waals surface area contributed by atoms with E-state index in [-0.39, 0.29) is 29.3 Å². The number of ether oxygens (including phenoxy) is 1. The lowest BCUT2D eigenvalue weighted by atomic mass is 9.86. The molecule has 1 atom stereocenters. The molecule has 0 saturated heterocycles. The number of amides is 1. The van der Waals surface area contributed by atoms with Gasteiger partial charge in [0.05, 0.1) is 13.0 Å². The van der Waals surface area contributed by atoms with Crippen LogP contribution in [-0.4, -0.2) is 36.5 Å². The SMILES string of the molecule is COC(=O)C(C)CN(C(=O)c1ccc(C(C)(C)C)cc1)C1CC1. The zero-order chi connectivity index (χ0) is 17.2. The Morgan fingerprint density at radius 3 is 2.22 bits per heavy atom. The van der Waals surface area contributed by atoms with Gasteiger partial charge in [-0.15, -0.1) is 0 Å². The fourth-order valence-corrected chi connectivity index (χ4v) is 2.63. The van der Waals surface area contributed by atoms with Gasteiger partial charge in [0.1, 0.15) is 0 Å². The molecule has 0 radical (unpaired) electrons. The lowest BCUT2D eigenvalue weighted by molar-refractivity contribution is -0.145. The predicted octanol–water partition coefficient (Wildman–Crippen LogP) is 3.40. The minimum Gasteiger partial charge on any atom is -0.469 e. The Hall–Kier alpha value is -1.84. The fourth-order valence-electron chi connectivity index (χ4n) is 2.63. The minimum absolute atomic E-state index is 0.00344. The number of carbonyl (C=O) groups excluding carboxylic acids is 2. The average molecular weight is 317 g/mol. The number of hydrogen-bond acceptors (Lipinski definition) is 3. The monoisotopic (exact) mass is 317 g/mol. The van der Waals surface area contributed by atoms with E-state index in [9.17, 15) is 9.59 Å². The summed E-state index contributed by atoms with van der Waals surface area (Å²) in [5.41, 5.74) is 1.95.